The molecule has 2 rings (SSSR count). The highest BCUT2D eigenvalue weighted by atomic mass is 35.5. The van der Waals surface area contributed by atoms with Crippen LogP contribution in [0.15, 0.2) is 48.5 Å². The Bertz CT molecular complexity index is 590. The van der Waals surface area contributed by atoms with Crippen LogP contribution in [0, 0.1) is 6.92 Å². The quantitative estimate of drug-likeness (QED) is 0.734. The number of anilines is 1. The van der Waals surface area contributed by atoms with Crippen molar-refractivity contribution in [2.45, 2.75) is 45.6 Å². The molecule has 2 aromatic carbocycles. The highest BCUT2D eigenvalue weighted by molar-refractivity contribution is 6.30. The fourth-order valence-electron chi connectivity index (χ4n) is 2.84. The molecule has 112 valence electrons. The molecule has 1 atom stereocenters. The van der Waals surface area contributed by atoms with E-state index in [4.69, 9.17) is 11.6 Å². The van der Waals surface area contributed by atoms with Gasteiger partial charge in [-0.15, -0.1) is 0 Å². The van der Waals surface area contributed by atoms with Crippen LogP contribution in [0.2, 0.25) is 5.02 Å². The minimum Gasteiger partial charge on any atom is -0.382 e. The summed E-state index contributed by atoms with van der Waals surface area (Å²) >= 11 is 6.09. The molecule has 0 aromatic heterocycles. The monoisotopic (exact) mass is 301 g/mol. The molecule has 0 radical (unpaired) electrons. The predicted octanol–water partition coefficient (Wildman–Crippen LogP) is 5.82. The first-order valence-electron chi connectivity index (χ1n) is 7.47. The second kappa shape index (κ2) is 6.53. The molecule has 0 fully saturated rings. The van der Waals surface area contributed by atoms with Gasteiger partial charge in [0.15, 0.2) is 0 Å². The van der Waals surface area contributed by atoms with Gasteiger partial charge in [-0.3, -0.25) is 0 Å². The van der Waals surface area contributed by atoms with Crippen molar-refractivity contribution in [1.29, 1.82) is 0 Å². The van der Waals surface area contributed by atoms with Crippen LogP contribution < -0.4 is 5.32 Å². The van der Waals surface area contributed by atoms with E-state index in [-0.39, 0.29) is 5.41 Å². The summed E-state index contributed by atoms with van der Waals surface area (Å²) in [4.78, 5) is 0. The minimum absolute atomic E-state index is 0.139. The standard InChI is InChI=1S/C19H24ClN/c1-14-10-11-17(20)12-18(14)21-15(2)13-19(3,4)16-8-6-5-7-9-16/h5-12,15,21H,13H2,1-4H3. The Morgan fingerprint density at radius 2 is 1.76 bits per heavy atom. The van der Waals surface area contributed by atoms with E-state index in [0.29, 0.717) is 6.04 Å². The maximum Gasteiger partial charge on any atom is 0.0426 e. The van der Waals surface area contributed by atoms with Crippen molar-refractivity contribution in [2.75, 3.05) is 5.32 Å². The number of halogens is 1. The molecule has 21 heavy (non-hydrogen) atoms. The van der Waals surface area contributed by atoms with Gasteiger partial charge in [-0.1, -0.05) is 61.8 Å². The van der Waals surface area contributed by atoms with Gasteiger partial charge in [0.2, 0.25) is 0 Å². The summed E-state index contributed by atoms with van der Waals surface area (Å²) in [6, 6.07) is 17.1. The Morgan fingerprint density at radius 1 is 1.10 bits per heavy atom. The molecule has 2 heteroatoms. The average molecular weight is 302 g/mol. The molecule has 0 spiro atoms. The molecular weight excluding hydrogens is 278 g/mol. The van der Waals surface area contributed by atoms with Crippen molar-refractivity contribution in [3.63, 3.8) is 0 Å². The molecule has 1 N–H and O–H groups in total. The summed E-state index contributed by atoms with van der Waals surface area (Å²) in [5, 5.41) is 4.37. The van der Waals surface area contributed by atoms with Crippen LogP contribution in [0.4, 0.5) is 5.69 Å². The maximum absolute atomic E-state index is 6.09. The van der Waals surface area contributed by atoms with Crippen LogP contribution in [-0.4, -0.2) is 6.04 Å². The van der Waals surface area contributed by atoms with Crippen molar-refractivity contribution in [2.24, 2.45) is 0 Å². The zero-order valence-electron chi connectivity index (χ0n) is 13.3. The molecule has 1 unspecified atom stereocenters. The van der Waals surface area contributed by atoms with Crippen LogP contribution in [0.1, 0.15) is 38.3 Å². The normalized spacial score (nSPS) is 13.0. The summed E-state index contributed by atoms with van der Waals surface area (Å²) in [7, 11) is 0. The van der Waals surface area contributed by atoms with E-state index in [2.05, 4.69) is 69.4 Å². The fourth-order valence-corrected chi connectivity index (χ4v) is 3.01. The Kier molecular flexibility index (Phi) is 4.95. The van der Waals surface area contributed by atoms with Crippen molar-refractivity contribution in [3.8, 4) is 0 Å². The van der Waals surface area contributed by atoms with E-state index >= 15 is 0 Å². The third-order valence-electron chi connectivity index (χ3n) is 3.97. The third-order valence-corrected chi connectivity index (χ3v) is 4.21. The van der Waals surface area contributed by atoms with Crippen molar-refractivity contribution < 1.29 is 0 Å². The lowest BCUT2D eigenvalue weighted by atomic mass is 9.79. The Hall–Kier alpha value is -1.47. The maximum atomic E-state index is 6.09. The Labute approximate surface area is 133 Å². The highest BCUT2D eigenvalue weighted by Crippen LogP contribution is 2.30. The van der Waals surface area contributed by atoms with Gasteiger partial charge in [0.05, 0.1) is 0 Å². The van der Waals surface area contributed by atoms with Gasteiger partial charge < -0.3 is 5.32 Å². The third kappa shape index (κ3) is 4.25. The molecule has 0 amide bonds. The van der Waals surface area contributed by atoms with E-state index in [0.717, 1.165) is 17.1 Å². The Balaban J connectivity index is 2.07. The van der Waals surface area contributed by atoms with Crippen LogP contribution in [0.25, 0.3) is 0 Å². The van der Waals surface area contributed by atoms with Crippen LogP contribution in [0.5, 0.6) is 0 Å². The summed E-state index contributed by atoms with van der Waals surface area (Å²) in [5.41, 5.74) is 3.87. The van der Waals surface area contributed by atoms with Crippen molar-refractivity contribution >= 4 is 17.3 Å². The van der Waals surface area contributed by atoms with E-state index in [1.54, 1.807) is 0 Å². The topological polar surface area (TPSA) is 12.0 Å². The number of hydrogen-bond acceptors (Lipinski definition) is 1. The van der Waals surface area contributed by atoms with Gasteiger partial charge >= 0.3 is 0 Å². The first-order chi connectivity index (χ1) is 9.88. The number of hydrogen-bond donors (Lipinski definition) is 1. The first-order valence-corrected chi connectivity index (χ1v) is 7.84. The van der Waals surface area contributed by atoms with Gasteiger partial charge in [-0.25, -0.2) is 0 Å². The number of rotatable bonds is 5. The van der Waals surface area contributed by atoms with Gasteiger partial charge in [0.25, 0.3) is 0 Å². The second-order valence-corrected chi connectivity index (χ2v) is 6.90. The highest BCUT2D eigenvalue weighted by Gasteiger charge is 2.23. The molecular formula is C19H24ClN. The van der Waals surface area contributed by atoms with Crippen LogP contribution >= 0.6 is 11.6 Å². The lowest BCUT2D eigenvalue weighted by Crippen LogP contribution is -2.28. The second-order valence-electron chi connectivity index (χ2n) is 6.46. The van der Waals surface area contributed by atoms with E-state index in [9.17, 15) is 0 Å². The molecule has 0 bridgehead atoms. The summed E-state index contributed by atoms with van der Waals surface area (Å²) < 4.78 is 0. The van der Waals surface area contributed by atoms with E-state index in [1.165, 1.54) is 11.1 Å². The van der Waals surface area contributed by atoms with Gasteiger partial charge in [0, 0.05) is 16.8 Å². The molecule has 0 aliphatic carbocycles. The molecule has 0 saturated carbocycles. The summed E-state index contributed by atoms with van der Waals surface area (Å²) in [6.45, 7) is 8.93. The molecule has 0 aliphatic rings. The van der Waals surface area contributed by atoms with Gasteiger partial charge in [-0.2, -0.15) is 0 Å². The summed E-state index contributed by atoms with van der Waals surface area (Å²) in [5.74, 6) is 0. The Morgan fingerprint density at radius 3 is 2.43 bits per heavy atom. The lowest BCUT2D eigenvalue weighted by Gasteiger charge is -2.30. The molecule has 0 saturated heterocycles. The van der Waals surface area contributed by atoms with Gasteiger partial charge in [0.1, 0.15) is 0 Å². The van der Waals surface area contributed by atoms with Crippen molar-refractivity contribution in [1.82, 2.24) is 0 Å². The summed E-state index contributed by atoms with van der Waals surface area (Å²) in [6.07, 6.45) is 1.06. The molecule has 1 nitrogen and oxygen atoms in total. The zero-order chi connectivity index (χ0) is 15.5. The van der Waals surface area contributed by atoms with E-state index in [1.807, 2.05) is 12.1 Å². The van der Waals surface area contributed by atoms with Crippen molar-refractivity contribution in [3.05, 3.63) is 64.7 Å². The largest absolute Gasteiger partial charge is 0.382 e. The van der Waals surface area contributed by atoms with Crippen LogP contribution in [0.3, 0.4) is 0 Å². The smallest absolute Gasteiger partial charge is 0.0426 e. The fraction of sp³-hybridized carbons (Fsp3) is 0.368. The number of nitrogens with one attached hydrogen (secondary N) is 1. The molecule has 0 heterocycles. The molecule has 2 aromatic rings. The van der Waals surface area contributed by atoms with Gasteiger partial charge in [-0.05, 0) is 48.9 Å². The van der Waals surface area contributed by atoms with Crippen LogP contribution in [-0.2, 0) is 5.41 Å². The first kappa shape index (κ1) is 15.9. The zero-order valence-corrected chi connectivity index (χ0v) is 14.0. The SMILES string of the molecule is Cc1ccc(Cl)cc1NC(C)CC(C)(C)c1ccccc1. The molecule has 0 aliphatic heterocycles. The minimum atomic E-state index is 0.139. The number of benzene rings is 2. The number of aryl methyl sites for hydroxylation is 1. The lowest BCUT2D eigenvalue weighted by molar-refractivity contribution is 0.450. The predicted molar refractivity (Wildman–Crippen MR) is 93.4 cm³/mol. The average Bonchev–Trinajstić information content (AvgIpc) is 2.43. The van der Waals surface area contributed by atoms with E-state index < -0.39 is 0 Å².